The molecule has 0 radical (unpaired) electrons. The molecule has 0 aliphatic carbocycles. The van der Waals surface area contributed by atoms with Crippen molar-refractivity contribution in [3.8, 4) is 0 Å². The summed E-state index contributed by atoms with van der Waals surface area (Å²) in [5, 5.41) is 0.292. The predicted octanol–water partition coefficient (Wildman–Crippen LogP) is 12.3. The summed E-state index contributed by atoms with van der Waals surface area (Å²) >= 11 is -1.12. The van der Waals surface area contributed by atoms with Gasteiger partial charge in [-0.2, -0.15) is 0 Å². The van der Waals surface area contributed by atoms with E-state index in [4.69, 9.17) is 4.43 Å². The van der Waals surface area contributed by atoms with Crippen LogP contribution < -0.4 is 0 Å². The van der Waals surface area contributed by atoms with Crippen LogP contribution in [0.5, 0.6) is 0 Å². The van der Waals surface area contributed by atoms with Crippen LogP contribution in [-0.4, -0.2) is 43.7 Å². The van der Waals surface area contributed by atoms with Gasteiger partial charge >= 0.3 is 263 Å². The van der Waals surface area contributed by atoms with E-state index in [9.17, 15) is 4.79 Å². The van der Waals surface area contributed by atoms with E-state index in [1.165, 1.54) is 74.7 Å². The van der Waals surface area contributed by atoms with Crippen LogP contribution in [0.3, 0.4) is 0 Å². The fourth-order valence-electron chi connectivity index (χ4n) is 5.95. The summed E-state index contributed by atoms with van der Waals surface area (Å²) < 4.78 is 13.4. The Morgan fingerprint density at radius 3 is 1.70 bits per heavy atom. The molecule has 40 heavy (non-hydrogen) atoms. The first-order chi connectivity index (χ1) is 19.0. The van der Waals surface area contributed by atoms with Crippen LogP contribution in [0.1, 0.15) is 128 Å². The van der Waals surface area contributed by atoms with Crippen LogP contribution in [-0.2, 0) is 9.22 Å². The summed E-state index contributed by atoms with van der Waals surface area (Å²) in [6.45, 7) is 25.1. The van der Waals surface area contributed by atoms with Crippen LogP contribution in [0.4, 0.5) is 0 Å². The Balaban J connectivity index is 7.00. The summed E-state index contributed by atoms with van der Waals surface area (Å²) in [5.41, 5.74) is 2.68. The standard InChI is InChI=1S/C23H41O2SSi.3C4H9.Sn/c1-9-15-22(25-27(11-3,12-4)13-5)21(23(24)26-10-2)18-20(8)17-14-16-19(6)7;3*1-3-4-2;/h15-16,18,21-22H,10-14,17H2,1-8H3;3*1,3-4H2,2H3;/b15-9?,20-18+;;;;/t21-,22+;;;;/m1..../s1. The molecule has 0 heterocycles. The van der Waals surface area contributed by atoms with E-state index in [0.717, 1.165) is 36.7 Å². The summed E-state index contributed by atoms with van der Waals surface area (Å²) in [6, 6.07) is 3.35. The van der Waals surface area contributed by atoms with E-state index in [1.54, 1.807) is 3.59 Å². The van der Waals surface area contributed by atoms with Gasteiger partial charge in [0.15, 0.2) is 0 Å². The van der Waals surface area contributed by atoms with Crippen LogP contribution in [0.2, 0.25) is 31.4 Å². The number of carbonyl (C=O) groups excluding carboxylic acids is 1. The molecular weight excluding hydrogens is 631 g/mol. The third-order valence-corrected chi connectivity index (χ3v) is 31.0. The molecule has 0 N–H and O–H groups in total. The normalized spacial score (nSPS) is 14.8. The monoisotopic (exact) mass is 700 g/mol. The van der Waals surface area contributed by atoms with Gasteiger partial charge in [0.05, 0.1) is 0 Å². The Bertz CT molecular complexity index is 750. The number of hydrogen-bond donors (Lipinski definition) is 0. The minimum atomic E-state index is -2.61. The third-order valence-electron chi connectivity index (χ3n) is 9.06. The topological polar surface area (TPSA) is 26.3 Å². The summed E-state index contributed by atoms with van der Waals surface area (Å²) in [7, 11) is -1.93. The van der Waals surface area contributed by atoms with Gasteiger partial charge in [-0.05, 0) is 0 Å². The van der Waals surface area contributed by atoms with E-state index in [-0.39, 0.29) is 12.0 Å². The maximum absolute atomic E-state index is 13.8. The van der Waals surface area contributed by atoms with E-state index in [2.05, 4.69) is 94.4 Å². The van der Waals surface area contributed by atoms with Crippen molar-refractivity contribution >= 4 is 43.6 Å². The number of allylic oxidation sites excluding steroid dienone is 4. The van der Waals surface area contributed by atoms with Gasteiger partial charge in [-0.1, -0.05) is 0 Å². The maximum atomic E-state index is 13.8. The van der Waals surface area contributed by atoms with Crippen molar-refractivity contribution in [3.63, 3.8) is 0 Å². The summed E-state index contributed by atoms with van der Waals surface area (Å²) in [4.78, 5) is 13.8. The Morgan fingerprint density at radius 2 is 1.30 bits per heavy atom. The minimum absolute atomic E-state index is 0.127. The second-order valence-corrected chi connectivity index (χ2v) is 32.2. The molecule has 0 saturated heterocycles. The van der Waals surface area contributed by atoms with Gasteiger partial charge in [0.25, 0.3) is 0 Å². The zero-order valence-electron chi connectivity index (χ0n) is 28.7. The zero-order chi connectivity index (χ0) is 30.6. The molecule has 0 amide bonds. The van der Waals surface area contributed by atoms with Crippen molar-refractivity contribution in [3.05, 3.63) is 33.0 Å². The Labute approximate surface area is 261 Å². The van der Waals surface area contributed by atoms with Crippen LogP contribution in [0, 0.1) is 5.92 Å². The van der Waals surface area contributed by atoms with Crippen LogP contribution >= 0.6 is 11.8 Å². The fraction of sp³-hybridized carbons (Fsp3) is 0.800. The molecule has 0 rings (SSSR count). The van der Waals surface area contributed by atoms with Gasteiger partial charge in [0.1, 0.15) is 0 Å². The Hall–Kier alpha value is 0.216. The van der Waals surface area contributed by atoms with Crippen molar-refractivity contribution in [2.24, 2.45) is 5.92 Å². The van der Waals surface area contributed by atoms with Crippen molar-refractivity contribution in [1.29, 1.82) is 0 Å². The average molecular weight is 700 g/mol. The predicted molar refractivity (Wildman–Crippen MR) is 190 cm³/mol. The number of carbonyl (C=O) groups is 1. The molecule has 0 bridgehead atoms. The Kier molecular flexibility index (Phi) is 22.8. The van der Waals surface area contributed by atoms with Crippen molar-refractivity contribution in [2.45, 2.75) is 165 Å². The number of hydrogen-bond acceptors (Lipinski definition) is 3. The molecule has 0 aromatic rings. The molecular formula is C35H68O2SSiSn. The van der Waals surface area contributed by atoms with E-state index >= 15 is 0 Å². The second-order valence-electron chi connectivity index (χ2n) is 12.4. The summed E-state index contributed by atoms with van der Waals surface area (Å²) in [5.74, 6) is 0.621. The Morgan fingerprint density at radius 1 is 0.800 bits per heavy atom. The molecule has 5 heteroatoms. The summed E-state index contributed by atoms with van der Waals surface area (Å²) in [6.07, 6.45) is 17.0. The molecule has 2 nitrogen and oxygen atoms in total. The van der Waals surface area contributed by atoms with Crippen LogP contribution in [0.25, 0.3) is 0 Å². The van der Waals surface area contributed by atoms with Crippen molar-refractivity contribution < 1.29 is 9.22 Å². The number of unbranched alkanes of at least 4 members (excludes halogenated alkanes) is 3. The van der Waals surface area contributed by atoms with Gasteiger partial charge in [0, 0.05) is 0 Å². The molecule has 2 atom stereocenters. The molecule has 0 aromatic carbocycles. The fourth-order valence-corrected chi connectivity index (χ4v) is 25.2. The van der Waals surface area contributed by atoms with Crippen molar-refractivity contribution in [1.82, 2.24) is 0 Å². The quantitative estimate of drug-likeness (QED) is 0.0784. The van der Waals surface area contributed by atoms with Gasteiger partial charge < -0.3 is 0 Å². The van der Waals surface area contributed by atoms with Crippen LogP contribution in [0.15, 0.2) is 33.0 Å². The second kappa shape index (κ2) is 22.7. The molecule has 0 saturated carbocycles. The SMILES string of the molecule is CCC[CH2][Sn]([CH2]CCC)([CH2]CCC)/[C](C)=C\[C@H](O[Si](CC)(CC)CC)[C@@H](/C=C(\C)CCC=C(C)C)C(=O)SCC. The number of thioether (sulfide) groups is 1. The van der Waals surface area contributed by atoms with Gasteiger partial charge in [0.2, 0.25) is 0 Å². The first-order valence-electron chi connectivity index (χ1n) is 16.9. The zero-order valence-corrected chi connectivity index (χ0v) is 33.4. The molecule has 0 aliphatic heterocycles. The first-order valence-corrected chi connectivity index (χ1v) is 27.9. The van der Waals surface area contributed by atoms with Crippen molar-refractivity contribution in [2.75, 3.05) is 5.75 Å². The van der Waals surface area contributed by atoms with E-state index in [1.807, 2.05) is 0 Å². The van der Waals surface area contributed by atoms with Gasteiger partial charge in [-0.25, -0.2) is 0 Å². The molecule has 0 aromatic heterocycles. The third kappa shape index (κ3) is 14.6. The van der Waals surface area contributed by atoms with E-state index in [0.29, 0.717) is 5.12 Å². The first kappa shape index (κ1) is 40.2. The molecule has 234 valence electrons. The van der Waals surface area contributed by atoms with E-state index < -0.39 is 26.7 Å². The average Bonchev–Trinajstić information content (AvgIpc) is 2.93. The molecule has 0 spiro atoms. The van der Waals surface area contributed by atoms with Gasteiger partial charge in [-0.15, -0.1) is 0 Å². The number of rotatable bonds is 23. The molecule has 0 fully saturated rings. The molecule has 0 unspecified atom stereocenters. The molecule has 0 aliphatic rings. The van der Waals surface area contributed by atoms with Gasteiger partial charge in [-0.3, -0.25) is 0 Å².